The first-order chi connectivity index (χ1) is 9.70. The van der Waals surface area contributed by atoms with Crippen molar-refractivity contribution in [2.75, 3.05) is 32.2 Å². The van der Waals surface area contributed by atoms with Gasteiger partial charge >= 0.3 is 0 Å². The second-order valence-electron chi connectivity index (χ2n) is 5.00. The topological polar surface area (TPSA) is 36.9 Å². The molecule has 4 nitrogen and oxygen atoms in total. The second-order valence-corrected chi connectivity index (χ2v) is 5.44. The number of hydrogen-bond acceptors (Lipinski definition) is 4. The lowest BCUT2D eigenvalue weighted by atomic mass is 10.1. The zero-order valence-corrected chi connectivity index (χ0v) is 12.9. The summed E-state index contributed by atoms with van der Waals surface area (Å²) in [5.41, 5.74) is 3.00. The number of piperidine rings is 1. The van der Waals surface area contributed by atoms with E-state index in [0.717, 1.165) is 35.1 Å². The van der Waals surface area contributed by atoms with Gasteiger partial charge in [0.1, 0.15) is 6.73 Å². The molecule has 0 bridgehead atoms. The van der Waals surface area contributed by atoms with Crippen LogP contribution in [-0.2, 0) is 4.74 Å². The highest BCUT2D eigenvalue weighted by Gasteiger charge is 2.11. The summed E-state index contributed by atoms with van der Waals surface area (Å²) in [6.07, 6.45) is 3.76. The fourth-order valence-electron chi connectivity index (χ4n) is 2.36. The molecule has 1 N–H and O–H groups in total. The summed E-state index contributed by atoms with van der Waals surface area (Å²) in [6.45, 7) is 4.57. The molecule has 1 aliphatic heterocycles. The summed E-state index contributed by atoms with van der Waals surface area (Å²) >= 11 is 6.11. The van der Waals surface area contributed by atoms with Crippen LogP contribution in [0.15, 0.2) is 23.3 Å². The highest BCUT2D eigenvalue weighted by molar-refractivity contribution is 6.31. The van der Waals surface area contributed by atoms with Crippen molar-refractivity contribution in [3.8, 4) is 0 Å². The predicted molar refractivity (Wildman–Crippen MR) is 84.6 cm³/mol. The molecule has 5 heteroatoms. The van der Waals surface area contributed by atoms with Crippen LogP contribution in [0.2, 0.25) is 5.02 Å². The van der Waals surface area contributed by atoms with E-state index >= 15 is 0 Å². The van der Waals surface area contributed by atoms with Crippen molar-refractivity contribution in [1.29, 1.82) is 0 Å². The van der Waals surface area contributed by atoms with E-state index < -0.39 is 0 Å². The molecule has 0 aliphatic carbocycles. The van der Waals surface area contributed by atoms with E-state index in [1.165, 1.54) is 19.3 Å². The van der Waals surface area contributed by atoms with Crippen molar-refractivity contribution in [3.05, 3.63) is 28.8 Å². The first-order valence-corrected chi connectivity index (χ1v) is 7.41. The molecule has 0 aromatic heterocycles. The van der Waals surface area contributed by atoms with Gasteiger partial charge in [0.25, 0.3) is 0 Å². The predicted octanol–water partition coefficient (Wildman–Crippen LogP) is 3.57. The highest BCUT2D eigenvalue weighted by Crippen LogP contribution is 2.22. The van der Waals surface area contributed by atoms with Gasteiger partial charge in [-0.05, 0) is 44.4 Å². The summed E-state index contributed by atoms with van der Waals surface area (Å²) in [7, 11) is 1.66. The maximum atomic E-state index is 6.11. The second kappa shape index (κ2) is 7.50. The number of anilines is 1. The largest absolute Gasteiger partial charge is 0.365 e. The fourth-order valence-corrected chi connectivity index (χ4v) is 2.54. The van der Waals surface area contributed by atoms with Gasteiger partial charge < -0.3 is 10.1 Å². The van der Waals surface area contributed by atoms with E-state index in [4.69, 9.17) is 21.4 Å². The number of hydrazone groups is 1. The minimum absolute atomic E-state index is 0.464. The average molecular weight is 296 g/mol. The van der Waals surface area contributed by atoms with Gasteiger partial charge in [0.05, 0.1) is 5.71 Å². The summed E-state index contributed by atoms with van der Waals surface area (Å²) in [5, 5.41) is 10.8. The zero-order chi connectivity index (χ0) is 14.4. The molecular formula is C15H22ClN3O. The van der Waals surface area contributed by atoms with Crippen molar-refractivity contribution in [1.82, 2.24) is 5.01 Å². The molecule has 0 atom stereocenters. The molecule has 0 radical (unpaired) electrons. The van der Waals surface area contributed by atoms with Crippen LogP contribution < -0.4 is 5.32 Å². The lowest BCUT2D eigenvalue weighted by molar-refractivity contribution is 0.221. The molecule has 1 aromatic rings. The Balaban J connectivity index is 2.19. The Morgan fingerprint density at radius 1 is 1.35 bits per heavy atom. The minimum Gasteiger partial charge on any atom is -0.365 e. The lowest BCUT2D eigenvalue weighted by Crippen LogP contribution is -2.26. The van der Waals surface area contributed by atoms with Gasteiger partial charge in [-0.2, -0.15) is 5.10 Å². The third kappa shape index (κ3) is 4.12. The first kappa shape index (κ1) is 15.1. The molecule has 1 aromatic carbocycles. The van der Waals surface area contributed by atoms with Gasteiger partial charge in [-0.15, -0.1) is 0 Å². The molecule has 1 aliphatic rings. The Bertz CT molecular complexity index is 470. The molecule has 0 saturated carbocycles. The van der Waals surface area contributed by atoms with Crippen molar-refractivity contribution in [3.63, 3.8) is 0 Å². The van der Waals surface area contributed by atoms with Crippen molar-refractivity contribution < 1.29 is 4.74 Å². The van der Waals surface area contributed by atoms with E-state index in [9.17, 15) is 0 Å². The normalized spacial score (nSPS) is 16.4. The van der Waals surface area contributed by atoms with Gasteiger partial charge in [0.15, 0.2) is 0 Å². The minimum atomic E-state index is 0.464. The van der Waals surface area contributed by atoms with Crippen LogP contribution in [0.5, 0.6) is 0 Å². The van der Waals surface area contributed by atoms with Crippen LogP contribution in [0.3, 0.4) is 0 Å². The molecule has 2 rings (SSSR count). The molecule has 1 heterocycles. The third-order valence-electron chi connectivity index (χ3n) is 3.40. The molecular weight excluding hydrogens is 274 g/mol. The summed E-state index contributed by atoms with van der Waals surface area (Å²) in [4.78, 5) is 0. The Kier molecular flexibility index (Phi) is 5.68. The summed E-state index contributed by atoms with van der Waals surface area (Å²) in [5.74, 6) is 0. The van der Waals surface area contributed by atoms with Crippen molar-refractivity contribution >= 4 is 23.0 Å². The molecule has 1 fully saturated rings. The van der Waals surface area contributed by atoms with Gasteiger partial charge in [0.2, 0.25) is 0 Å². The maximum Gasteiger partial charge on any atom is 0.116 e. The van der Waals surface area contributed by atoms with E-state index in [1.54, 1.807) is 7.11 Å². The smallest absolute Gasteiger partial charge is 0.116 e. The molecule has 0 unspecified atom stereocenters. The quantitative estimate of drug-likeness (QED) is 0.666. The monoisotopic (exact) mass is 295 g/mol. The van der Waals surface area contributed by atoms with Gasteiger partial charge in [-0.1, -0.05) is 11.6 Å². The molecule has 1 saturated heterocycles. The number of nitrogens with one attached hydrogen (secondary N) is 1. The van der Waals surface area contributed by atoms with Crippen LogP contribution in [0.1, 0.15) is 31.7 Å². The SMILES string of the molecule is COCNc1ccc(Cl)cc1/C(C)=N/N1CCCCC1. The van der Waals surface area contributed by atoms with Crippen LogP contribution in [0, 0.1) is 0 Å². The van der Waals surface area contributed by atoms with Gasteiger partial charge in [-0.25, -0.2) is 0 Å². The van der Waals surface area contributed by atoms with Crippen LogP contribution in [0.25, 0.3) is 0 Å². The average Bonchev–Trinajstić information content (AvgIpc) is 2.47. The van der Waals surface area contributed by atoms with Crippen molar-refractivity contribution in [2.45, 2.75) is 26.2 Å². The molecule has 0 spiro atoms. The van der Waals surface area contributed by atoms with Crippen molar-refractivity contribution in [2.24, 2.45) is 5.10 Å². The Morgan fingerprint density at radius 3 is 2.80 bits per heavy atom. The molecule has 0 amide bonds. The first-order valence-electron chi connectivity index (χ1n) is 7.03. The number of hydrogen-bond donors (Lipinski definition) is 1. The Labute approximate surface area is 125 Å². The summed E-state index contributed by atoms with van der Waals surface area (Å²) < 4.78 is 5.07. The Morgan fingerprint density at radius 2 is 2.10 bits per heavy atom. The van der Waals surface area contributed by atoms with Crippen LogP contribution >= 0.6 is 11.6 Å². The van der Waals surface area contributed by atoms with E-state index in [2.05, 4.69) is 10.3 Å². The number of benzene rings is 1. The van der Waals surface area contributed by atoms with E-state index in [1.807, 2.05) is 25.1 Å². The highest BCUT2D eigenvalue weighted by atomic mass is 35.5. The Hall–Kier alpha value is -1.26. The maximum absolute atomic E-state index is 6.11. The van der Waals surface area contributed by atoms with Gasteiger partial charge in [-0.3, -0.25) is 5.01 Å². The van der Waals surface area contributed by atoms with Gasteiger partial charge in [0, 0.05) is 36.5 Å². The fraction of sp³-hybridized carbons (Fsp3) is 0.533. The van der Waals surface area contributed by atoms with Crippen LogP contribution in [-0.4, -0.2) is 37.7 Å². The number of halogens is 1. The number of ether oxygens (including phenoxy) is 1. The summed E-state index contributed by atoms with van der Waals surface area (Å²) in [6, 6.07) is 5.78. The zero-order valence-electron chi connectivity index (χ0n) is 12.2. The van der Waals surface area contributed by atoms with E-state index in [0.29, 0.717) is 6.73 Å². The number of nitrogens with zero attached hydrogens (tertiary/aromatic N) is 2. The third-order valence-corrected chi connectivity index (χ3v) is 3.64. The lowest BCUT2D eigenvalue weighted by Gasteiger charge is -2.24. The number of rotatable bonds is 5. The van der Waals surface area contributed by atoms with Crippen LogP contribution in [0.4, 0.5) is 5.69 Å². The van der Waals surface area contributed by atoms with E-state index in [-0.39, 0.29) is 0 Å². The molecule has 20 heavy (non-hydrogen) atoms. The number of methoxy groups -OCH3 is 1. The molecule has 110 valence electrons. The standard InChI is InChI=1S/C15H22ClN3O/c1-12(18-19-8-4-3-5-9-19)14-10-13(16)6-7-15(14)17-11-20-2/h6-7,10,17H,3-5,8-9,11H2,1-2H3/b18-12+.